The highest BCUT2D eigenvalue weighted by atomic mass is 35.5. The summed E-state index contributed by atoms with van der Waals surface area (Å²) < 4.78 is 4.69. The monoisotopic (exact) mass is 358 g/mol. The first kappa shape index (κ1) is 16.1. The molecular weight excluding hydrogens is 340 g/mol. The maximum Gasteiger partial charge on any atom is 0.337 e. The predicted molar refractivity (Wildman–Crippen MR) is 97.6 cm³/mol. The number of hydrogen-bond donors (Lipinski definition) is 0. The van der Waals surface area contributed by atoms with Gasteiger partial charge in [-0.2, -0.15) is 0 Å². The number of hydrogen-bond acceptors (Lipinski definition) is 3. The van der Waals surface area contributed by atoms with Crippen LogP contribution in [0.15, 0.2) is 40.2 Å². The van der Waals surface area contributed by atoms with Crippen LogP contribution in [-0.4, -0.2) is 18.7 Å². The Bertz CT molecular complexity index is 1060. The second-order valence-corrected chi connectivity index (χ2v) is 7.00. The number of halogens is 1. The molecule has 2 aromatic heterocycles. The Morgan fingerprint density at radius 1 is 1.28 bits per heavy atom. The van der Waals surface area contributed by atoms with E-state index >= 15 is 0 Å². The minimum atomic E-state index is -0.353. The molecule has 0 aliphatic heterocycles. The summed E-state index contributed by atoms with van der Waals surface area (Å²) in [6, 6.07) is 7.06. The molecule has 1 fully saturated rings. The van der Waals surface area contributed by atoms with E-state index in [1.54, 1.807) is 30.6 Å². The van der Waals surface area contributed by atoms with E-state index in [4.69, 9.17) is 11.6 Å². The fraction of sp³-hybridized carbons (Fsp3) is 0.389. The van der Waals surface area contributed by atoms with Gasteiger partial charge in [0, 0.05) is 18.1 Å². The van der Waals surface area contributed by atoms with Crippen molar-refractivity contribution in [1.82, 2.24) is 18.7 Å². The first-order chi connectivity index (χ1) is 12.1. The zero-order chi connectivity index (χ0) is 17.6. The van der Waals surface area contributed by atoms with Gasteiger partial charge in [0.1, 0.15) is 0 Å². The van der Waals surface area contributed by atoms with Crippen LogP contribution in [0.2, 0.25) is 5.02 Å². The highest BCUT2D eigenvalue weighted by Gasteiger charge is 2.26. The smallest absolute Gasteiger partial charge is 0.325 e. The SMILES string of the molecule is CCCn1cnc2c1c(=O)n(CC1CC1)c(=O)n2-c1cccc(Cl)c1. The number of fused-ring (bicyclic) bond motifs is 1. The van der Waals surface area contributed by atoms with Crippen LogP contribution in [-0.2, 0) is 13.1 Å². The summed E-state index contributed by atoms with van der Waals surface area (Å²) in [5.74, 6) is 0.415. The molecule has 130 valence electrons. The first-order valence-corrected chi connectivity index (χ1v) is 8.94. The van der Waals surface area contributed by atoms with E-state index in [0.29, 0.717) is 40.9 Å². The molecule has 0 spiro atoms. The van der Waals surface area contributed by atoms with E-state index in [1.807, 2.05) is 11.5 Å². The van der Waals surface area contributed by atoms with E-state index < -0.39 is 0 Å². The standard InChI is InChI=1S/C18H19ClN4O2/c1-2-8-21-11-20-16-15(21)17(24)22(10-12-6-7-12)18(25)23(16)14-5-3-4-13(19)9-14/h3-5,9,11-12H,2,6-8,10H2,1H3. The summed E-state index contributed by atoms with van der Waals surface area (Å²) in [6.45, 7) is 3.19. The molecule has 7 heteroatoms. The molecule has 1 aliphatic carbocycles. The van der Waals surface area contributed by atoms with E-state index in [2.05, 4.69) is 4.98 Å². The highest BCUT2D eigenvalue weighted by molar-refractivity contribution is 6.30. The quantitative estimate of drug-likeness (QED) is 0.704. The van der Waals surface area contributed by atoms with Crippen LogP contribution < -0.4 is 11.2 Å². The number of rotatable bonds is 5. The molecule has 1 saturated carbocycles. The van der Waals surface area contributed by atoms with Crippen molar-refractivity contribution < 1.29 is 0 Å². The van der Waals surface area contributed by atoms with Crippen LogP contribution in [0.25, 0.3) is 16.9 Å². The number of nitrogens with zero attached hydrogens (tertiary/aromatic N) is 4. The van der Waals surface area contributed by atoms with Crippen molar-refractivity contribution in [3.8, 4) is 5.69 Å². The normalized spacial score (nSPS) is 14.3. The van der Waals surface area contributed by atoms with Gasteiger partial charge in [0.15, 0.2) is 11.2 Å². The predicted octanol–water partition coefficient (Wildman–Crippen LogP) is 2.82. The molecule has 1 aromatic carbocycles. The average Bonchev–Trinajstić information content (AvgIpc) is 3.32. The van der Waals surface area contributed by atoms with E-state index in [9.17, 15) is 9.59 Å². The van der Waals surface area contributed by atoms with Gasteiger partial charge in [-0.3, -0.25) is 9.36 Å². The molecule has 1 aliphatic rings. The van der Waals surface area contributed by atoms with Gasteiger partial charge < -0.3 is 4.57 Å². The highest BCUT2D eigenvalue weighted by Crippen LogP contribution is 2.30. The third-order valence-electron chi connectivity index (χ3n) is 4.57. The van der Waals surface area contributed by atoms with Crippen LogP contribution in [0.1, 0.15) is 26.2 Å². The van der Waals surface area contributed by atoms with E-state index in [0.717, 1.165) is 19.3 Å². The molecule has 0 amide bonds. The minimum Gasteiger partial charge on any atom is -0.325 e. The lowest BCUT2D eigenvalue weighted by atomic mass is 10.3. The Morgan fingerprint density at radius 2 is 2.08 bits per heavy atom. The summed E-state index contributed by atoms with van der Waals surface area (Å²) in [4.78, 5) is 30.4. The average molecular weight is 359 g/mol. The minimum absolute atomic E-state index is 0.254. The van der Waals surface area contributed by atoms with Crippen molar-refractivity contribution in [3.05, 3.63) is 56.5 Å². The molecule has 0 N–H and O–H groups in total. The summed E-state index contributed by atoms with van der Waals surface area (Å²) in [6.07, 6.45) is 4.64. The molecule has 25 heavy (non-hydrogen) atoms. The van der Waals surface area contributed by atoms with Crippen molar-refractivity contribution in [1.29, 1.82) is 0 Å². The summed E-state index contributed by atoms with van der Waals surface area (Å²) in [5.41, 5.74) is 0.873. The molecular formula is C18H19ClN4O2. The number of aryl methyl sites for hydroxylation is 1. The zero-order valence-corrected chi connectivity index (χ0v) is 14.7. The van der Waals surface area contributed by atoms with Crippen LogP contribution in [0.3, 0.4) is 0 Å². The zero-order valence-electron chi connectivity index (χ0n) is 14.0. The molecule has 6 nitrogen and oxygen atoms in total. The Kier molecular flexibility index (Phi) is 4.00. The molecule has 0 saturated heterocycles. The number of benzene rings is 1. The van der Waals surface area contributed by atoms with Gasteiger partial charge in [0.2, 0.25) is 0 Å². The van der Waals surface area contributed by atoms with Crippen LogP contribution in [0.4, 0.5) is 0 Å². The molecule has 3 aromatic rings. The second kappa shape index (κ2) is 6.19. The Morgan fingerprint density at radius 3 is 2.76 bits per heavy atom. The van der Waals surface area contributed by atoms with Gasteiger partial charge in [-0.15, -0.1) is 0 Å². The lowest BCUT2D eigenvalue weighted by molar-refractivity contribution is 0.566. The van der Waals surface area contributed by atoms with Crippen molar-refractivity contribution >= 4 is 22.8 Å². The topological polar surface area (TPSA) is 61.8 Å². The lowest BCUT2D eigenvalue weighted by Crippen LogP contribution is -2.40. The summed E-state index contributed by atoms with van der Waals surface area (Å²) in [7, 11) is 0. The number of imidazole rings is 1. The largest absolute Gasteiger partial charge is 0.337 e. The van der Waals surface area contributed by atoms with Gasteiger partial charge in [-0.25, -0.2) is 14.3 Å². The molecule has 2 heterocycles. The van der Waals surface area contributed by atoms with Gasteiger partial charge in [-0.05, 0) is 43.4 Å². The number of aromatic nitrogens is 4. The molecule has 0 bridgehead atoms. The fourth-order valence-electron chi connectivity index (χ4n) is 3.16. The van der Waals surface area contributed by atoms with Gasteiger partial charge in [-0.1, -0.05) is 24.6 Å². The lowest BCUT2D eigenvalue weighted by Gasteiger charge is -2.12. The van der Waals surface area contributed by atoms with E-state index in [-0.39, 0.29) is 11.2 Å². The molecule has 0 unspecified atom stereocenters. The maximum atomic E-state index is 13.1. The van der Waals surface area contributed by atoms with Crippen molar-refractivity contribution in [2.45, 2.75) is 39.3 Å². The van der Waals surface area contributed by atoms with Crippen LogP contribution >= 0.6 is 11.6 Å². The van der Waals surface area contributed by atoms with Crippen LogP contribution in [0, 0.1) is 5.92 Å². The van der Waals surface area contributed by atoms with Crippen molar-refractivity contribution in [2.24, 2.45) is 5.92 Å². The van der Waals surface area contributed by atoms with Gasteiger partial charge in [0.25, 0.3) is 5.56 Å². The van der Waals surface area contributed by atoms with Crippen molar-refractivity contribution in [2.75, 3.05) is 0 Å². The Labute approximate surface area is 149 Å². The third-order valence-corrected chi connectivity index (χ3v) is 4.80. The summed E-state index contributed by atoms with van der Waals surface area (Å²) >= 11 is 6.11. The van der Waals surface area contributed by atoms with E-state index in [1.165, 1.54) is 9.13 Å². The fourth-order valence-corrected chi connectivity index (χ4v) is 3.34. The third kappa shape index (κ3) is 2.80. The molecule has 0 radical (unpaired) electrons. The van der Waals surface area contributed by atoms with Crippen LogP contribution in [0.5, 0.6) is 0 Å². The Balaban J connectivity index is 2.06. The maximum absolute atomic E-state index is 13.1. The van der Waals surface area contributed by atoms with Crippen molar-refractivity contribution in [3.63, 3.8) is 0 Å². The molecule has 0 atom stereocenters. The Hall–Kier alpha value is -2.34. The summed E-state index contributed by atoms with van der Waals surface area (Å²) in [5, 5.41) is 0.533. The first-order valence-electron chi connectivity index (χ1n) is 8.56. The molecule has 4 rings (SSSR count). The van der Waals surface area contributed by atoms with Gasteiger partial charge in [0.05, 0.1) is 12.0 Å². The second-order valence-electron chi connectivity index (χ2n) is 6.57. The van der Waals surface area contributed by atoms with Gasteiger partial charge >= 0.3 is 5.69 Å².